The maximum atomic E-state index is 3.57. The Balaban J connectivity index is 2.32. The van der Waals surface area contributed by atoms with Gasteiger partial charge in [0.2, 0.25) is 0 Å². The molecule has 0 spiro atoms. The second-order valence-electron chi connectivity index (χ2n) is 5.34. The minimum Gasteiger partial charge on any atom is -0.315 e. The monoisotopic (exact) mass is 226 g/mol. The number of hydrogen-bond donors (Lipinski definition) is 1. The molecule has 1 aliphatic heterocycles. The Morgan fingerprint density at radius 1 is 1.25 bits per heavy atom. The second-order valence-corrected chi connectivity index (χ2v) is 5.34. The Hall–Kier alpha value is -0.0800. The molecule has 1 aliphatic rings. The molecule has 0 aromatic rings. The van der Waals surface area contributed by atoms with Crippen molar-refractivity contribution in [3.8, 4) is 0 Å². The van der Waals surface area contributed by atoms with Gasteiger partial charge in [0.05, 0.1) is 0 Å². The molecule has 0 aromatic heterocycles. The number of nitrogens with zero attached hydrogens (tertiary/aromatic N) is 1. The first-order chi connectivity index (χ1) is 7.77. The Morgan fingerprint density at radius 2 is 2.06 bits per heavy atom. The largest absolute Gasteiger partial charge is 0.315 e. The number of nitrogens with one attached hydrogen (secondary N) is 1. The van der Waals surface area contributed by atoms with Crippen LogP contribution in [0.5, 0.6) is 0 Å². The molecule has 2 heteroatoms. The van der Waals surface area contributed by atoms with Crippen LogP contribution in [-0.4, -0.2) is 37.1 Å². The molecule has 1 heterocycles. The van der Waals surface area contributed by atoms with E-state index < -0.39 is 0 Å². The van der Waals surface area contributed by atoms with Gasteiger partial charge in [0.15, 0.2) is 0 Å². The summed E-state index contributed by atoms with van der Waals surface area (Å²) in [5.74, 6) is 0.936. The lowest BCUT2D eigenvalue weighted by atomic mass is 10.0. The van der Waals surface area contributed by atoms with E-state index in [-0.39, 0.29) is 0 Å². The predicted octanol–water partition coefficient (Wildman–Crippen LogP) is 2.89. The quantitative estimate of drug-likeness (QED) is 0.701. The first-order valence-electron chi connectivity index (χ1n) is 7.22. The molecule has 1 saturated heterocycles. The van der Waals surface area contributed by atoms with Crippen LogP contribution < -0.4 is 5.32 Å². The molecule has 1 N–H and O–H groups in total. The first-order valence-corrected chi connectivity index (χ1v) is 7.22. The first kappa shape index (κ1) is 14.0. The molecule has 1 rings (SSSR count). The Labute approximate surface area is 102 Å². The number of rotatable bonds is 6. The SMILES string of the molecule is CCCNCC(CC)N1CCCC(C)CC1. The van der Waals surface area contributed by atoms with Crippen molar-refractivity contribution in [1.82, 2.24) is 10.2 Å². The predicted molar refractivity (Wildman–Crippen MR) is 71.8 cm³/mol. The van der Waals surface area contributed by atoms with E-state index in [1.54, 1.807) is 0 Å². The van der Waals surface area contributed by atoms with Crippen LogP contribution in [0.3, 0.4) is 0 Å². The molecule has 96 valence electrons. The van der Waals surface area contributed by atoms with Crippen LogP contribution in [0.4, 0.5) is 0 Å². The molecule has 0 aliphatic carbocycles. The van der Waals surface area contributed by atoms with Crippen molar-refractivity contribution in [1.29, 1.82) is 0 Å². The topological polar surface area (TPSA) is 15.3 Å². The molecule has 2 nitrogen and oxygen atoms in total. The molecule has 2 unspecified atom stereocenters. The van der Waals surface area contributed by atoms with E-state index in [1.165, 1.54) is 58.3 Å². The summed E-state index contributed by atoms with van der Waals surface area (Å²) in [5, 5.41) is 3.57. The van der Waals surface area contributed by atoms with E-state index in [9.17, 15) is 0 Å². The molecule has 16 heavy (non-hydrogen) atoms. The van der Waals surface area contributed by atoms with Crippen molar-refractivity contribution in [2.24, 2.45) is 5.92 Å². The van der Waals surface area contributed by atoms with E-state index in [4.69, 9.17) is 0 Å². The van der Waals surface area contributed by atoms with Crippen LogP contribution in [-0.2, 0) is 0 Å². The summed E-state index contributed by atoms with van der Waals surface area (Å²) in [6, 6.07) is 0.761. The van der Waals surface area contributed by atoms with Crippen molar-refractivity contribution >= 4 is 0 Å². The summed E-state index contributed by atoms with van der Waals surface area (Å²) in [6.07, 6.45) is 6.74. The third-order valence-electron chi connectivity index (χ3n) is 3.85. The van der Waals surface area contributed by atoms with Crippen molar-refractivity contribution in [3.63, 3.8) is 0 Å². The van der Waals surface area contributed by atoms with E-state index in [0.29, 0.717) is 0 Å². The lowest BCUT2D eigenvalue weighted by Crippen LogP contribution is -2.42. The highest BCUT2D eigenvalue weighted by Gasteiger charge is 2.19. The van der Waals surface area contributed by atoms with Crippen LogP contribution in [0.15, 0.2) is 0 Å². The zero-order valence-electron chi connectivity index (χ0n) is 11.5. The van der Waals surface area contributed by atoms with Gasteiger partial charge in [-0.05, 0) is 57.7 Å². The van der Waals surface area contributed by atoms with Gasteiger partial charge in [0.1, 0.15) is 0 Å². The van der Waals surface area contributed by atoms with Gasteiger partial charge in [-0.25, -0.2) is 0 Å². The van der Waals surface area contributed by atoms with Gasteiger partial charge in [-0.3, -0.25) is 4.90 Å². The van der Waals surface area contributed by atoms with Gasteiger partial charge in [-0.1, -0.05) is 20.8 Å². The Morgan fingerprint density at radius 3 is 2.75 bits per heavy atom. The van der Waals surface area contributed by atoms with Crippen LogP contribution in [0, 0.1) is 5.92 Å². The lowest BCUT2D eigenvalue weighted by Gasteiger charge is -2.30. The molecule has 2 atom stereocenters. The zero-order chi connectivity index (χ0) is 11.8. The van der Waals surface area contributed by atoms with Gasteiger partial charge in [-0.2, -0.15) is 0 Å². The van der Waals surface area contributed by atoms with Gasteiger partial charge in [0.25, 0.3) is 0 Å². The second kappa shape index (κ2) is 8.08. The van der Waals surface area contributed by atoms with Gasteiger partial charge < -0.3 is 5.32 Å². The van der Waals surface area contributed by atoms with Gasteiger partial charge in [0, 0.05) is 12.6 Å². The fraction of sp³-hybridized carbons (Fsp3) is 1.00. The van der Waals surface area contributed by atoms with Crippen molar-refractivity contribution in [3.05, 3.63) is 0 Å². The normalized spacial score (nSPS) is 25.3. The number of likely N-dealkylation sites (tertiary alicyclic amines) is 1. The minimum absolute atomic E-state index is 0.761. The average Bonchev–Trinajstić information content (AvgIpc) is 2.50. The standard InChI is InChI=1S/C14H30N2/c1-4-9-15-12-14(5-2)16-10-6-7-13(3)8-11-16/h13-15H,4-12H2,1-3H3. The van der Waals surface area contributed by atoms with Gasteiger partial charge in [-0.15, -0.1) is 0 Å². The van der Waals surface area contributed by atoms with E-state index in [2.05, 4.69) is 31.0 Å². The van der Waals surface area contributed by atoms with Crippen molar-refractivity contribution in [2.45, 2.75) is 58.9 Å². The molecule has 0 bridgehead atoms. The van der Waals surface area contributed by atoms with Gasteiger partial charge >= 0.3 is 0 Å². The molecular formula is C14H30N2. The lowest BCUT2D eigenvalue weighted by molar-refractivity contribution is 0.192. The van der Waals surface area contributed by atoms with Crippen molar-refractivity contribution in [2.75, 3.05) is 26.2 Å². The summed E-state index contributed by atoms with van der Waals surface area (Å²) in [6.45, 7) is 11.9. The van der Waals surface area contributed by atoms with Crippen LogP contribution in [0.25, 0.3) is 0 Å². The minimum atomic E-state index is 0.761. The smallest absolute Gasteiger partial charge is 0.0218 e. The molecular weight excluding hydrogens is 196 g/mol. The van der Waals surface area contributed by atoms with E-state index in [0.717, 1.165) is 12.0 Å². The third-order valence-corrected chi connectivity index (χ3v) is 3.85. The van der Waals surface area contributed by atoms with E-state index >= 15 is 0 Å². The van der Waals surface area contributed by atoms with Crippen molar-refractivity contribution < 1.29 is 0 Å². The van der Waals surface area contributed by atoms with Crippen LogP contribution in [0.2, 0.25) is 0 Å². The highest BCUT2D eigenvalue weighted by atomic mass is 15.2. The zero-order valence-corrected chi connectivity index (χ0v) is 11.5. The van der Waals surface area contributed by atoms with Crippen LogP contribution >= 0.6 is 0 Å². The summed E-state index contributed by atoms with van der Waals surface area (Å²) in [4.78, 5) is 2.71. The maximum Gasteiger partial charge on any atom is 0.0218 e. The molecule has 0 amide bonds. The molecule has 0 saturated carbocycles. The summed E-state index contributed by atoms with van der Waals surface area (Å²) < 4.78 is 0. The number of hydrogen-bond acceptors (Lipinski definition) is 2. The summed E-state index contributed by atoms with van der Waals surface area (Å²) in [5.41, 5.74) is 0. The highest BCUT2D eigenvalue weighted by molar-refractivity contribution is 4.76. The maximum absolute atomic E-state index is 3.57. The average molecular weight is 226 g/mol. The summed E-state index contributed by atoms with van der Waals surface area (Å²) in [7, 11) is 0. The molecule has 0 radical (unpaired) electrons. The Bertz CT molecular complexity index is 170. The highest BCUT2D eigenvalue weighted by Crippen LogP contribution is 2.18. The molecule has 1 fully saturated rings. The summed E-state index contributed by atoms with van der Waals surface area (Å²) >= 11 is 0. The van der Waals surface area contributed by atoms with E-state index in [1.807, 2.05) is 0 Å². The Kier molecular flexibility index (Phi) is 7.06. The fourth-order valence-electron chi connectivity index (χ4n) is 2.63. The third kappa shape index (κ3) is 4.84. The fourth-order valence-corrected chi connectivity index (χ4v) is 2.63. The van der Waals surface area contributed by atoms with Crippen LogP contribution in [0.1, 0.15) is 52.9 Å². The molecule has 0 aromatic carbocycles.